The molecule has 0 fully saturated rings. The van der Waals surface area contributed by atoms with Crippen LogP contribution < -0.4 is 2.81 Å². The molecule has 0 spiro atoms. The molecule has 2 aromatic carbocycles. The molecule has 6 nitrogen and oxygen atoms in total. The number of rotatable bonds is 3. The SMILES string of the molecule is O=S(=O)(O)O.Oc1ccc(C(c2ccccn2)c2cccc[c]2[Na])cc1. The summed E-state index contributed by atoms with van der Waals surface area (Å²) in [7, 11) is -4.67. The van der Waals surface area contributed by atoms with E-state index in [1.165, 1.54) is 8.38 Å². The van der Waals surface area contributed by atoms with Crippen molar-refractivity contribution in [2.75, 3.05) is 0 Å². The number of phenolic OH excluding ortho intramolecular Hbond substituents is 1. The summed E-state index contributed by atoms with van der Waals surface area (Å²) in [5.41, 5.74) is 3.48. The van der Waals surface area contributed by atoms with Gasteiger partial charge in [-0.15, -0.1) is 0 Å². The van der Waals surface area contributed by atoms with Crippen LogP contribution in [0.3, 0.4) is 0 Å². The Kier molecular flexibility index (Phi) is 7.33. The van der Waals surface area contributed by atoms with Crippen LogP contribution in [-0.4, -0.2) is 55.5 Å². The molecule has 8 heteroatoms. The molecule has 3 N–H and O–H groups in total. The van der Waals surface area contributed by atoms with E-state index in [1.54, 1.807) is 12.1 Å². The zero-order valence-electron chi connectivity index (χ0n) is 14.0. The predicted molar refractivity (Wildman–Crippen MR) is 99.3 cm³/mol. The van der Waals surface area contributed by atoms with Crippen LogP contribution in [-0.2, 0) is 10.4 Å². The first-order valence-corrected chi connectivity index (χ1v) is 10.1. The van der Waals surface area contributed by atoms with Gasteiger partial charge in [-0.05, 0) is 0 Å². The molecule has 0 amide bonds. The van der Waals surface area contributed by atoms with Crippen molar-refractivity contribution in [1.82, 2.24) is 4.98 Å². The van der Waals surface area contributed by atoms with Crippen molar-refractivity contribution >= 4 is 41.1 Å². The van der Waals surface area contributed by atoms with Crippen LogP contribution in [0.25, 0.3) is 0 Å². The fraction of sp³-hybridized carbons (Fsp3) is 0.0556. The van der Waals surface area contributed by atoms with Crippen LogP contribution in [0.5, 0.6) is 5.75 Å². The zero-order valence-corrected chi connectivity index (χ0v) is 16.8. The van der Waals surface area contributed by atoms with Crippen molar-refractivity contribution in [2.45, 2.75) is 5.92 Å². The zero-order chi connectivity index (χ0) is 19.2. The maximum atomic E-state index is 9.53. The van der Waals surface area contributed by atoms with Crippen LogP contribution in [0.4, 0.5) is 0 Å². The van der Waals surface area contributed by atoms with Gasteiger partial charge < -0.3 is 0 Å². The van der Waals surface area contributed by atoms with Gasteiger partial charge in [0.15, 0.2) is 0 Å². The van der Waals surface area contributed by atoms with E-state index < -0.39 is 10.4 Å². The Morgan fingerprint density at radius 2 is 1.46 bits per heavy atom. The first-order valence-electron chi connectivity index (χ1n) is 7.71. The second kappa shape index (κ2) is 9.27. The number of aromatic hydroxyl groups is 1. The summed E-state index contributed by atoms with van der Waals surface area (Å²) in [6.45, 7) is 0. The first kappa shape index (κ1) is 20.6. The van der Waals surface area contributed by atoms with E-state index in [-0.39, 0.29) is 11.7 Å². The maximum absolute atomic E-state index is 9.53. The number of pyridine rings is 1. The van der Waals surface area contributed by atoms with Crippen LogP contribution in [0, 0.1) is 0 Å². The Hall–Kier alpha value is -1.74. The van der Waals surface area contributed by atoms with Gasteiger partial charge >= 0.3 is 153 Å². The summed E-state index contributed by atoms with van der Waals surface area (Å²) in [4.78, 5) is 4.55. The number of aromatic nitrogens is 1. The van der Waals surface area contributed by atoms with Gasteiger partial charge in [-0.3, -0.25) is 9.11 Å². The van der Waals surface area contributed by atoms with Crippen molar-refractivity contribution in [2.24, 2.45) is 0 Å². The molecule has 0 aliphatic heterocycles. The van der Waals surface area contributed by atoms with E-state index in [4.69, 9.17) is 17.5 Å². The van der Waals surface area contributed by atoms with Gasteiger partial charge in [-0.1, -0.05) is 0 Å². The van der Waals surface area contributed by atoms with Crippen LogP contribution in [0.15, 0.2) is 72.9 Å². The van der Waals surface area contributed by atoms with Crippen molar-refractivity contribution in [1.29, 1.82) is 0 Å². The molecule has 1 atom stereocenters. The van der Waals surface area contributed by atoms with Crippen molar-refractivity contribution in [3.05, 3.63) is 89.7 Å². The molecule has 0 saturated heterocycles. The first-order chi connectivity index (χ1) is 12.3. The predicted octanol–water partition coefficient (Wildman–Crippen LogP) is 2.11. The fourth-order valence-corrected chi connectivity index (χ4v) is 3.28. The van der Waals surface area contributed by atoms with Gasteiger partial charge in [0.25, 0.3) is 0 Å². The minimum atomic E-state index is -4.67. The third-order valence-electron chi connectivity index (χ3n) is 3.71. The normalized spacial score (nSPS) is 12.0. The molecule has 0 bridgehead atoms. The summed E-state index contributed by atoms with van der Waals surface area (Å²) in [6, 6.07) is 22.0. The molecule has 3 rings (SSSR count). The second-order valence-electron chi connectivity index (χ2n) is 5.58. The third-order valence-corrected chi connectivity index (χ3v) is 4.62. The van der Waals surface area contributed by atoms with Crippen molar-refractivity contribution < 1.29 is 22.6 Å². The molecular formula is C18H16NNaO5S. The molecule has 1 heterocycles. The number of nitrogens with zero attached hydrogens (tertiary/aromatic N) is 1. The third kappa shape index (κ3) is 6.53. The molecule has 130 valence electrons. The van der Waals surface area contributed by atoms with E-state index in [0.717, 1.165) is 39.2 Å². The molecule has 0 radical (unpaired) electrons. The number of hydrogen-bond donors (Lipinski definition) is 3. The molecular weight excluding hydrogens is 365 g/mol. The van der Waals surface area contributed by atoms with E-state index in [1.807, 2.05) is 30.5 Å². The number of hydrogen-bond acceptors (Lipinski definition) is 4. The molecule has 3 aromatic rings. The van der Waals surface area contributed by atoms with Gasteiger partial charge in [-0.25, -0.2) is 0 Å². The molecule has 1 unspecified atom stereocenters. The minimum absolute atomic E-state index is 0.112. The summed E-state index contributed by atoms with van der Waals surface area (Å²) >= 11 is 0.997. The Morgan fingerprint density at radius 3 is 2.00 bits per heavy atom. The van der Waals surface area contributed by atoms with E-state index in [0.29, 0.717) is 0 Å². The average molecular weight is 381 g/mol. The summed E-state index contributed by atoms with van der Waals surface area (Å²) < 4.78 is 33.0. The molecule has 26 heavy (non-hydrogen) atoms. The van der Waals surface area contributed by atoms with Crippen LogP contribution >= 0.6 is 0 Å². The number of phenols is 1. The molecule has 0 aliphatic rings. The van der Waals surface area contributed by atoms with Gasteiger partial charge in [0.1, 0.15) is 0 Å². The van der Waals surface area contributed by atoms with Gasteiger partial charge in [0.2, 0.25) is 0 Å². The Morgan fingerprint density at radius 1 is 0.885 bits per heavy atom. The topological polar surface area (TPSA) is 108 Å². The van der Waals surface area contributed by atoms with Crippen LogP contribution in [0.2, 0.25) is 0 Å². The Labute approximate surface area is 169 Å². The van der Waals surface area contributed by atoms with Crippen molar-refractivity contribution in [3.63, 3.8) is 0 Å². The fourth-order valence-electron chi connectivity index (χ4n) is 2.63. The van der Waals surface area contributed by atoms with Crippen molar-refractivity contribution in [3.8, 4) is 5.75 Å². The Balaban J connectivity index is 0.000000431. The van der Waals surface area contributed by atoms with E-state index >= 15 is 0 Å². The second-order valence-corrected chi connectivity index (χ2v) is 7.56. The average Bonchev–Trinajstić information content (AvgIpc) is 2.58. The molecule has 1 aromatic heterocycles. The molecule has 0 saturated carbocycles. The van der Waals surface area contributed by atoms with Gasteiger partial charge in [-0.2, -0.15) is 8.42 Å². The van der Waals surface area contributed by atoms with Gasteiger partial charge in [0, 0.05) is 0 Å². The monoisotopic (exact) mass is 381 g/mol. The van der Waals surface area contributed by atoms with E-state index in [9.17, 15) is 5.11 Å². The Bertz CT molecular complexity index is 939. The standard InChI is InChI=1S/C18H14NO.Na.H2O4S/c20-16-11-9-15(10-12-16)18(14-6-2-1-3-7-14)17-8-4-5-13-19-17;;1-5(2,3)4/h1-6,8-13,18,20H;;(H2,1,2,3,4). The van der Waals surface area contributed by atoms with E-state index in [2.05, 4.69) is 35.3 Å². The molecule has 0 aliphatic carbocycles. The summed E-state index contributed by atoms with van der Waals surface area (Å²) in [5.74, 6) is 0.401. The summed E-state index contributed by atoms with van der Waals surface area (Å²) in [5, 5.41) is 9.53. The summed E-state index contributed by atoms with van der Waals surface area (Å²) in [6.07, 6.45) is 1.83. The number of benzene rings is 2. The quantitative estimate of drug-likeness (QED) is 0.474. The van der Waals surface area contributed by atoms with Gasteiger partial charge in [0.05, 0.1) is 0 Å². The van der Waals surface area contributed by atoms with Crippen LogP contribution in [0.1, 0.15) is 22.7 Å².